The van der Waals surface area contributed by atoms with E-state index in [0.717, 1.165) is 16.1 Å². The number of nitro benzene ring substituents is 1. The van der Waals surface area contributed by atoms with Crippen LogP contribution in [0.5, 0.6) is 0 Å². The van der Waals surface area contributed by atoms with Gasteiger partial charge in [0.25, 0.3) is 5.69 Å². The molecule has 0 radical (unpaired) electrons. The van der Waals surface area contributed by atoms with E-state index in [9.17, 15) is 10.1 Å². The molecule has 0 bridgehead atoms. The maximum absolute atomic E-state index is 11.3. The van der Waals surface area contributed by atoms with Crippen molar-refractivity contribution in [2.45, 2.75) is 0 Å². The highest BCUT2D eigenvalue weighted by atomic mass is 16.6. The van der Waals surface area contributed by atoms with Crippen molar-refractivity contribution >= 4 is 35.6 Å². The maximum Gasteiger partial charge on any atom is 0.277 e. The van der Waals surface area contributed by atoms with Crippen LogP contribution in [0.3, 0.4) is 0 Å². The second-order valence-electron chi connectivity index (χ2n) is 5.88. The molecule has 0 saturated carbocycles. The summed E-state index contributed by atoms with van der Waals surface area (Å²) in [4.78, 5) is 10.8. The van der Waals surface area contributed by atoms with E-state index in [1.165, 1.54) is 6.07 Å². The van der Waals surface area contributed by atoms with Gasteiger partial charge in [-0.3, -0.25) is 16.0 Å². The number of non-ortho nitro benzene ring substituents is 1. The summed E-state index contributed by atoms with van der Waals surface area (Å²) in [6.07, 6.45) is 5.31. The summed E-state index contributed by atoms with van der Waals surface area (Å²) < 4.78 is 0. The van der Waals surface area contributed by atoms with Crippen LogP contribution in [0.2, 0.25) is 0 Å². The molecule has 0 heterocycles. The van der Waals surface area contributed by atoms with Crippen molar-refractivity contribution in [3.8, 4) is 0 Å². The predicted octanol–water partition coefficient (Wildman–Crippen LogP) is 1.12. The molecule has 0 aliphatic rings. The van der Waals surface area contributed by atoms with Crippen LogP contribution in [-0.4, -0.2) is 10.8 Å². The Hall–Kier alpha value is -4.15. The molecule has 0 aromatic heterocycles. The summed E-state index contributed by atoms with van der Waals surface area (Å²) >= 11 is 0. The third-order valence-electron chi connectivity index (χ3n) is 4.01. The first-order valence-corrected chi connectivity index (χ1v) is 8.53. The lowest BCUT2D eigenvalue weighted by atomic mass is 10.2. The second-order valence-corrected chi connectivity index (χ2v) is 5.88. The van der Waals surface area contributed by atoms with Crippen LogP contribution >= 0.6 is 0 Å². The Bertz CT molecular complexity index is 1250. The molecule has 0 aliphatic carbocycles. The third kappa shape index (κ3) is 4.72. The van der Waals surface area contributed by atoms with Crippen molar-refractivity contribution < 1.29 is 4.92 Å². The van der Waals surface area contributed by atoms with E-state index >= 15 is 0 Å². The maximum atomic E-state index is 11.3. The van der Waals surface area contributed by atoms with Gasteiger partial charge in [-0.25, -0.2) is 0 Å². The molecule has 3 aromatic rings. The van der Waals surface area contributed by atoms with Crippen molar-refractivity contribution in [1.29, 1.82) is 0 Å². The van der Waals surface area contributed by atoms with Crippen LogP contribution in [0.15, 0.2) is 72.8 Å². The van der Waals surface area contributed by atoms with Crippen molar-refractivity contribution in [3.05, 3.63) is 109 Å². The lowest BCUT2D eigenvalue weighted by molar-refractivity contribution is -0.385. The summed E-state index contributed by atoms with van der Waals surface area (Å²) in [7, 11) is 0. The number of hydrogen-bond donors (Lipinski definition) is 2. The number of para-hydroxylation sites is 1. The number of benzene rings is 3. The van der Waals surface area contributed by atoms with E-state index in [-0.39, 0.29) is 10.9 Å². The number of rotatable bonds is 5. The zero-order valence-corrected chi connectivity index (χ0v) is 14.9. The first kappa shape index (κ1) is 18.6. The minimum atomic E-state index is -0.482. The van der Waals surface area contributed by atoms with Gasteiger partial charge in [-0.15, -0.1) is 0 Å². The van der Waals surface area contributed by atoms with Crippen molar-refractivity contribution in [1.82, 2.24) is 5.43 Å². The Morgan fingerprint density at radius 1 is 0.893 bits per heavy atom. The molecule has 0 saturated heterocycles. The van der Waals surface area contributed by atoms with Gasteiger partial charge in [-0.1, -0.05) is 48.5 Å². The second kappa shape index (κ2) is 8.98. The topological polar surface area (TPSA) is 89.5 Å². The Labute approximate surface area is 161 Å². The molecular formula is C22H17N4O2-. The largest absolute Gasteiger partial charge is 0.763 e. The summed E-state index contributed by atoms with van der Waals surface area (Å²) in [5, 5.41) is 22.7. The van der Waals surface area contributed by atoms with Gasteiger partial charge in [-0.05, 0) is 46.0 Å². The van der Waals surface area contributed by atoms with Crippen molar-refractivity contribution in [2.75, 3.05) is 5.43 Å². The zero-order chi connectivity index (χ0) is 19.8. The molecule has 3 rings (SSSR count). The van der Waals surface area contributed by atoms with Gasteiger partial charge < -0.3 is 16.3 Å². The first-order valence-electron chi connectivity index (χ1n) is 8.53. The molecule has 3 aromatic carbocycles. The fraction of sp³-hybridized carbons (Fsp3) is 0. The molecular weight excluding hydrogens is 352 g/mol. The van der Waals surface area contributed by atoms with Crippen molar-refractivity contribution in [3.63, 3.8) is 0 Å². The molecule has 0 unspecified atom stereocenters. The Morgan fingerprint density at radius 2 is 1.57 bits per heavy atom. The SMILES string of the molecule is [N-]=C=c1ccc(=CC=c2ccccc2=CNNc2ccccc2)c([N+](=O)[O-])c1. The summed E-state index contributed by atoms with van der Waals surface area (Å²) in [6, 6.07) is 21.8. The molecule has 138 valence electrons. The minimum Gasteiger partial charge on any atom is -0.763 e. The van der Waals surface area contributed by atoms with Gasteiger partial charge >= 0.3 is 0 Å². The van der Waals surface area contributed by atoms with Gasteiger partial charge in [0.15, 0.2) is 0 Å². The molecule has 0 fully saturated rings. The highest BCUT2D eigenvalue weighted by Crippen LogP contribution is 2.02. The summed E-state index contributed by atoms with van der Waals surface area (Å²) in [5.41, 5.74) is 6.96. The van der Waals surface area contributed by atoms with E-state index in [1.54, 1.807) is 18.2 Å². The Balaban J connectivity index is 1.98. The van der Waals surface area contributed by atoms with Crippen LogP contribution < -0.4 is 31.7 Å². The fourth-order valence-electron chi connectivity index (χ4n) is 2.60. The lowest BCUT2D eigenvalue weighted by Crippen LogP contribution is -2.28. The standard InChI is InChI=1S/C22H17N4O2/c23-15-17-10-11-19(22(14-17)26(27)28)13-12-18-6-4-5-7-20(18)16-24-25-21-8-2-1-3-9-21/h1-14,16,24-25H/q-1. The summed E-state index contributed by atoms with van der Waals surface area (Å²) in [6.45, 7) is 0. The van der Waals surface area contributed by atoms with E-state index in [0.29, 0.717) is 5.22 Å². The summed E-state index contributed by atoms with van der Waals surface area (Å²) in [5.74, 6) is 1.92. The monoisotopic (exact) mass is 369 g/mol. The Kier molecular flexibility index (Phi) is 5.98. The van der Waals surface area contributed by atoms with Gasteiger partial charge in [0.05, 0.1) is 15.8 Å². The molecule has 0 aliphatic heterocycles. The number of anilines is 1. The van der Waals surface area contributed by atoms with E-state index in [4.69, 9.17) is 5.41 Å². The van der Waals surface area contributed by atoms with Gasteiger partial charge in [-0.2, -0.15) is 0 Å². The predicted molar refractivity (Wildman–Crippen MR) is 112 cm³/mol. The van der Waals surface area contributed by atoms with Crippen LogP contribution in [0, 0.1) is 10.1 Å². The molecule has 0 spiro atoms. The van der Waals surface area contributed by atoms with E-state index in [1.807, 2.05) is 72.7 Å². The number of nitrogens with one attached hydrogen (secondary N) is 2. The minimum absolute atomic E-state index is 0.0966. The van der Waals surface area contributed by atoms with Gasteiger partial charge in [0.1, 0.15) is 0 Å². The van der Waals surface area contributed by atoms with Crippen LogP contribution in [-0.2, 0) is 0 Å². The van der Waals surface area contributed by atoms with Crippen LogP contribution in [0.1, 0.15) is 0 Å². The third-order valence-corrected chi connectivity index (χ3v) is 4.01. The van der Waals surface area contributed by atoms with E-state index < -0.39 is 4.92 Å². The highest BCUT2D eigenvalue weighted by Gasteiger charge is 2.05. The van der Waals surface area contributed by atoms with Gasteiger partial charge in [0.2, 0.25) is 0 Å². The normalized spacial score (nSPS) is 12.5. The average molecular weight is 369 g/mol. The quantitative estimate of drug-likeness (QED) is 0.401. The molecule has 0 atom stereocenters. The first-order chi connectivity index (χ1) is 13.7. The average Bonchev–Trinajstić information content (AvgIpc) is 2.73. The highest BCUT2D eigenvalue weighted by molar-refractivity contribution is 5.65. The van der Waals surface area contributed by atoms with Gasteiger partial charge in [0, 0.05) is 12.3 Å². The smallest absolute Gasteiger partial charge is 0.277 e. The number of nitrogens with zero attached hydrogens (tertiary/aromatic N) is 2. The number of nitro groups is 1. The number of hydrazine groups is 1. The molecule has 6 nitrogen and oxygen atoms in total. The van der Waals surface area contributed by atoms with Crippen LogP contribution in [0.4, 0.5) is 11.4 Å². The number of hydrogen-bond acceptors (Lipinski definition) is 4. The molecule has 0 amide bonds. The zero-order valence-electron chi connectivity index (χ0n) is 14.9. The van der Waals surface area contributed by atoms with Crippen molar-refractivity contribution in [2.24, 2.45) is 0 Å². The lowest BCUT2D eigenvalue weighted by Gasteiger charge is -2.04. The fourth-order valence-corrected chi connectivity index (χ4v) is 2.60. The molecule has 6 heteroatoms. The molecule has 28 heavy (non-hydrogen) atoms. The molecule has 2 N–H and O–H groups in total. The van der Waals surface area contributed by atoms with Crippen LogP contribution in [0.25, 0.3) is 23.8 Å². The Morgan fingerprint density at radius 3 is 2.29 bits per heavy atom. The van der Waals surface area contributed by atoms with E-state index in [2.05, 4.69) is 10.9 Å².